The van der Waals surface area contributed by atoms with Crippen LogP contribution in [-0.4, -0.2) is 42.7 Å². The van der Waals surface area contributed by atoms with E-state index in [1.54, 1.807) is 0 Å². The lowest BCUT2D eigenvalue weighted by molar-refractivity contribution is -0.200. The summed E-state index contributed by atoms with van der Waals surface area (Å²) in [6.07, 6.45) is 7.79. The molecule has 25 heavy (non-hydrogen) atoms. The fraction of sp³-hybridized carbons (Fsp3) is 0.950. The van der Waals surface area contributed by atoms with E-state index in [1.807, 2.05) is 13.8 Å². The van der Waals surface area contributed by atoms with Crippen molar-refractivity contribution in [2.45, 2.75) is 97.1 Å². The molecule has 146 valence electrons. The zero-order valence-corrected chi connectivity index (χ0v) is 16.3. The first-order valence-corrected chi connectivity index (χ1v) is 10.3. The van der Waals surface area contributed by atoms with Gasteiger partial charge in [-0.25, -0.2) is 0 Å². The Morgan fingerprint density at radius 2 is 1.92 bits per heavy atom. The molecule has 2 rings (SSSR count). The minimum Gasteiger partial charge on any atom is -0.435 e. The molecule has 5 heteroatoms. The molecule has 0 aromatic rings. The summed E-state index contributed by atoms with van der Waals surface area (Å²) >= 11 is 0. The highest BCUT2D eigenvalue weighted by Crippen LogP contribution is 2.46. The van der Waals surface area contributed by atoms with Crippen LogP contribution in [0.2, 0.25) is 0 Å². The van der Waals surface area contributed by atoms with Crippen LogP contribution in [0, 0.1) is 11.3 Å². The van der Waals surface area contributed by atoms with Crippen LogP contribution in [0.3, 0.4) is 0 Å². The van der Waals surface area contributed by atoms with Crippen molar-refractivity contribution in [1.29, 1.82) is 0 Å². The van der Waals surface area contributed by atoms with Crippen molar-refractivity contribution in [2.24, 2.45) is 11.3 Å². The fourth-order valence-electron chi connectivity index (χ4n) is 4.27. The van der Waals surface area contributed by atoms with Gasteiger partial charge in [0.15, 0.2) is 0 Å². The molecule has 0 radical (unpaired) electrons. The maximum atomic E-state index is 12.7. The number of nitrogens with one attached hydrogen (secondary N) is 1. The van der Waals surface area contributed by atoms with Crippen LogP contribution in [0.1, 0.15) is 78.6 Å². The Bertz CT molecular complexity index is 409. The standard InChI is InChI=1S/C20H37NO4/c1-4-6-7-8-9-10-16(5-2)18(23)25-19-20(11-13-21-14-12-20)17(22)15(3)24-19/h15-17,19,21-22H,4-14H2,1-3H3/t15-,16?,17?,19?/m0/s1. The Hall–Kier alpha value is -0.650. The highest BCUT2D eigenvalue weighted by molar-refractivity contribution is 5.72. The quantitative estimate of drug-likeness (QED) is 0.490. The average molecular weight is 356 g/mol. The molecule has 2 fully saturated rings. The summed E-state index contributed by atoms with van der Waals surface area (Å²) in [6.45, 7) is 7.78. The molecule has 2 aliphatic heterocycles. The number of aliphatic hydroxyl groups is 1. The number of ether oxygens (including phenoxy) is 2. The number of piperidine rings is 1. The van der Waals surface area contributed by atoms with Crippen LogP contribution in [0.25, 0.3) is 0 Å². The Kier molecular flexibility index (Phi) is 8.17. The van der Waals surface area contributed by atoms with E-state index < -0.39 is 17.8 Å². The molecule has 0 aromatic carbocycles. The fourth-order valence-corrected chi connectivity index (χ4v) is 4.27. The minimum absolute atomic E-state index is 0.0583. The highest BCUT2D eigenvalue weighted by atomic mass is 16.7. The summed E-state index contributed by atoms with van der Waals surface area (Å²) < 4.78 is 11.7. The first-order chi connectivity index (χ1) is 12.0. The first kappa shape index (κ1) is 20.7. The van der Waals surface area contributed by atoms with Crippen LogP contribution in [0.15, 0.2) is 0 Å². The van der Waals surface area contributed by atoms with E-state index in [0.717, 1.165) is 45.2 Å². The monoisotopic (exact) mass is 355 g/mol. The third kappa shape index (κ3) is 4.95. The summed E-state index contributed by atoms with van der Waals surface area (Å²) in [4.78, 5) is 12.7. The normalized spacial score (nSPS) is 29.7. The van der Waals surface area contributed by atoms with Gasteiger partial charge in [0.05, 0.1) is 23.5 Å². The topological polar surface area (TPSA) is 67.8 Å². The van der Waals surface area contributed by atoms with Crippen LogP contribution >= 0.6 is 0 Å². The molecule has 3 unspecified atom stereocenters. The number of aliphatic hydroxyl groups excluding tert-OH is 1. The summed E-state index contributed by atoms with van der Waals surface area (Å²) in [5, 5.41) is 13.9. The average Bonchev–Trinajstić information content (AvgIpc) is 2.83. The molecular formula is C20H37NO4. The number of rotatable bonds is 9. The largest absolute Gasteiger partial charge is 0.435 e. The second kappa shape index (κ2) is 9.89. The van der Waals surface area contributed by atoms with Crippen LogP contribution in [0.5, 0.6) is 0 Å². The predicted molar refractivity (Wildman–Crippen MR) is 98.1 cm³/mol. The number of hydrogen-bond donors (Lipinski definition) is 2. The smallest absolute Gasteiger partial charge is 0.311 e. The molecule has 5 nitrogen and oxygen atoms in total. The molecule has 1 spiro atoms. The van der Waals surface area contributed by atoms with E-state index in [9.17, 15) is 9.90 Å². The molecule has 2 heterocycles. The maximum absolute atomic E-state index is 12.7. The van der Waals surface area contributed by atoms with Gasteiger partial charge in [-0.2, -0.15) is 0 Å². The third-order valence-corrected chi connectivity index (χ3v) is 6.08. The second-order valence-corrected chi connectivity index (χ2v) is 7.85. The Morgan fingerprint density at radius 1 is 1.24 bits per heavy atom. The molecule has 4 atom stereocenters. The summed E-state index contributed by atoms with van der Waals surface area (Å²) in [7, 11) is 0. The van der Waals surface area contributed by atoms with Crippen molar-refractivity contribution in [1.82, 2.24) is 5.32 Å². The summed E-state index contributed by atoms with van der Waals surface area (Å²) in [5.74, 6) is -0.209. The van der Waals surface area contributed by atoms with Crippen molar-refractivity contribution in [2.75, 3.05) is 13.1 Å². The minimum atomic E-state index is -0.610. The van der Waals surface area contributed by atoms with Crippen molar-refractivity contribution < 1.29 is 19.4 Å². The predicted octanol–water partition coefficient (Wildman–Crippen LogP) is 3.39. The zero-order chi connectivity index (χ0) is 18.3. The van der Waals surface area contributed by atoms with Crippen molar-refractivity contribution in [3.05, 3.63) is 0 Å². The van der Waals surface area contributed by atoms with E-state index in [0.29, 0.717) is 0 Å². The number of hydrogen-bond acceptors (Lipinski definition) is 5. The molecule has 0 aliphatic carbocycles. The lowest BCUT2D eigenvalue weighted by Gasteiger charge is -2.39. The molecule has 2 aliphatic rings. The van der Waals surface area contributed by atoms with Gasteiger partial charge in [-0.3, -0.25) is 4.79 Å². The van der Waals surface area contributed by atoms with Gasteiger partial charge in [0.1, 0.15) is 0 Å². The van der Waals surface area contributed by atoms with E-state index >= 15 is 0 Å². The molecule has 0 aromatic heterocycles. The van der Waals surface area contributed by atoms with E-state index in [1.165, 1.54) is 25.7 Å². The number of unbranched alkanes of at least 4 members (excludes halogenated alkanes) is 4. The molecule has 2 N–H and O–H groups in total. The summed E-state index contributed by atoms with van der Waals surface area (Å²) in [6, 6.07) is 0. The number of carbonyl (C=O) groups excluding carboxylic acids is 1. The van der Waals surface area contributed by atoms with Gasteiger partial charge < -0.3 is 19.9 Å². The van der Waals surface area contributed by atoms with Gasteiger partial charge in [-0.15, -0.1) is 0 Å². The van der Waals surface area contributed by atoms with E-state index in [-0.39, 0.29) is 18.0 Å². The van der Waals surface area contributed by atoms with E-state index in [2.05, 4.69) is 12.2 Å². The molecular weight excluding hydrogens is 318 g/mol. The van der Waals surface area contributed by atoms with Crippen LogP contribution in [-0.2, 0) is 14.3 Å². The van der Waals surface area contributed by atoms with Gasteiger partial charge in [-0.05, 0) is 45.7 Å². The maximum Gasteiger partial charge on any atom is 0.311 e. The van der Waals surface area contributed by atoms with Crippen molar-refractivity contribution in [3.63, 3.8) is 0 Å². The SMILES string of the molecule is CCCCCCCC(CC)C(=O)OC1O[C@@H](C)C(O)C12CCNCC2. The lowest BCUT2D eigenvalue weighted by Crippen LogP contribution is -2.50. The molecule has 0 saturated carbocycles. The zero-order valence-electron chi connectivity index (χ0n) is 16.3. The number of esters is 1. The van der Waals surface area contributed by atoms with Crippen LogP contribution < -0.4 is 5.32 Å². The van der Waals surface area contributed by atoms with Crippen molar-refractivity contribution in [3.8, 4) is 0 Å². The Labute approximate surface area is 152 Å². The molecule has 0 bridgehead atoms. The lowest BCUT2D eigenvalue weighted by atomic mass is 9.74. The van der Waals surface area contributed by atoms with E-state index in [4.69, 9.17) is 9.47 Å². The van der Waals surface area contributed by atoms with Gasteiger partial charge >= 0.3 is 5.97 Å². The van der Waals surface area contributed by atoms with Crippen molar-refractivity contribution >= 4 is 5.97 Å². The number of carbonyl (C=O) groups is 1. The Balaban J connectivity index is 1.90. The molecule has 0 amide bonds. The van der Waals surface area contributed by atoms with Gasteiger partial charge in [0.25, 0.3) is 0 Å². The van der Waals surface area contributed by atoms with Crippen LogP contribution in [0.4, 0.5) is 0 Å². The second-order valence-electron chi connectivity index (χ2n) is 7.85. The third-order valence-electron chi connectivity index (χ3n) is 6.08. The Morgan fingerprint density at radius 3 is 2.56 bits per heavy atom. The highest BCUT2D eigenvalue weighted by Gasteiger charge is 2.56. The first-order valence-electron chi connectivity index (χ1n) is 10.3. The molecule has 2 saturated heterocycles. The van der Waals surface area contributed by atoms with Gasteiger partial charge in [0.2, 0.25) is 6.29 Å². The van der Waals surface area contributed by atoms with Gasteiger partial charge in [-0.1, -0.05) is 46.0 Å². The van der Waals surface area contributed by atoms with Gasteiger partial charge in [0, 0.05) is 0 Å². The summed E-state index contributed by atoms with van der Waals surface area (Å²) in [5.41, 5.74) is -0.445.